The van der Waals surface area contributed by atoms with Crippen molar-refractivity contribution in [3.8, 4) is 11.5 Å². The first-order valence-corrected chi connectivity index (χ1v) is 9.92. The lowest BCUT2D eigenvalue weighted by Crippen LogP contribution is -2.29. The number of methoxy groups -OCH3 is 1. The third-order valence-electron chi connectivity index (χ3n) is 5.11. The number of ketones is 1. The SMILES string of the molecule is COc1cc(C2Sc3ccccc3NC3=C2C(=O)CC(C)(C)C3)ccc1O. The maximum atomic E-state index is 13.2. The zero-order chi connectivity index (χ0) is 19.2. The van der Waals surface area contributed by atoms with E-state index >= 15 is 0 Å². The number of phenolic OH excluding ortho intramolecular Hbond substituents is 1. The van der Waals surface area contributed by atoms with Gasteiger partial charge in [-0.3, -0.25) is 4.79 Å². The number of allylic oxidation sites excluding steroid dienone is 1. The zero-order valence-corrected chi connectivity index (χ0v) is 16.5. The van der Waals surface area contributed by atoms with Crippen LogP contribution in [-0.2, 0) is 4.79 Å². The van der Waals surface area contributed by atoms with Gasteiger partial charge in [-0.05, 0) is 41.7 Å². The second-order valence-corrected chi connectivity index (χ2v) is 9.03. The highest BCUT2D eigenvalue weighted by molar-refractivity contribution is 8.00. The number of Topliss-reactive ketones (excluding diaryl/α,β-unsaturated/α-hetero) is 1. The molecule has 27 heavy (non-hydrogen) atoms. The number of phenols is 1. The number of benzene rings is 2. The molecule has 2 aromatic rings. The molecule has 0 amide bonds. The van der Waals surface area contributed by atoms with Gasteiger partial charge in [0.1, 0.15) is 0 Å². The van der Waals surface area contributed by atoms with Gasteiger partial charge in [-0.1, -0.05) is 32.0 Å². The van der Waals surface area contributed by atoms with Crippen molar-refractivity contribution in [1.29, 1.82) is 0 Å². The highest BCUT2D eigenvalue weighted by Crippen LogP contribution is 2.52. The first kappa shape index (κ1) is 18.0. The van der Waals surface area contributed by atoms with Crippen molar-refractivity contribution in [2.45, 2.75) is 36.8 Å². The molecule has 1 unspecified atom stereocenters. The monoisotopic (exact) mass is 381 g/mol. The Morgan fingerprint density at radius 1 is 1.19 bits per heavy atom. The summed E-state index contributed by atoms with van der Waals surface area (Å²) in [5.74, 6) is 0.708. The molecule has 0 aromatic heterocycles. The predicted molar refractivity (Wildman–Crippen MR) is 108 cm³/mol. The Kier molecular flexibility index (Phi) is 4.42. The third-order valence-corrected chi connectivity index (χ3v) is 6.46. The Morgan fingerprint density at radius 3 is 2.74 bits per heavy atom. The highest BCUT2D eigenvalue weighted by Gasteiger charge is 2.39. The molecule has 1 aliphatic carbocycles. The quantitative estimate of drug-likeness (QED) is 0.739. The minimum atomic E-state index is -0.144. The number of fused-ring (bicyclic) bond motifs is 1. The van der Waals surface area contributed by atoms with E-state index in [-0.39, 0.29) is 22.2 Å². The summed E-state index contributed by atoms with van der Waals surface area (Å²) in [6.07, 6.45) is 1.37. The van der Waals surface area contributed by atoms with Crippen LogP contribution in [0.4, 0.5) is 5.69 Å². The standard InChI is InChI=1S/C22H23NO3S/c1-22(2)11-15-20(17(25)12-22)21(13-8-9-16(24)18(10-13)26-3)27-19-7-5-4-6-14(19)23-15/h4-10,21,23-24H,11-12H2,1-3H3. The minimum Gasteiger partial charge on any atom is -0.504 e. The average molecular weight is 381 g/mol. The normalized spacial score (nSPS) is 21.0. The Morgan fingerprint density at radius 2 is 1.96 bits per heavy atom. The van der Waals surface area contributed by atoms with Crippen LogP contribution in [0.25, 0.3) is 0 Å². The van der Waals surface area contributed by atoms with E-state index in [4.69, 9.17) is 4.74 Å². The molecule has 4 nitrogen and oxygen atoms in total. The van der Waals surface area contributed by atoms with Gasteiger partial charge in [-0.15, -0.1) is 11.8 Å². The Hall–Kier alpha value is -2.40. The molecule has 0 fully saturated rings. The maximum Gasteiger partial charge on any atom is 0.162 e. The van der Waals surface area contributed by atoms with Crippen molar-refractivity contribution in [2.24, 2.45) is 5.41 Å². The molecule has 4 rings (SSSR count). The molecule has 0 bridgehead atoms. The molecule has 1 atom stereocenters. The second-order valence-electron chi connectivity index (χ2n) is 7.88. The van der Waals surface area contributed by atoms with Gasteiger partial charge < -0.3 is 15.2 Å². The van der Waals surface area contributed by atoms with Crippen LogP contribution >= 0.6 is 11.8 Å². The minimum absolute atomic E-state index is 0.0654. The Balaban J connectivity index is 1.89. The molecule has 140 valence electrons. The van der Waals surface area contributed by atoms with Gasteiger partial charge in [-0.2, -0.15) is 0 Å². The van der Waals surface area contributed by atoms with E-state index in [9.17, 15) is 9.90 Å². The fourth-order valence-corrected chi connectivity index (χ4v) is 5.19. The molecule has 5 heteroatoms. The molecular weight excluding hydrogens is 358 g/mol. The van der Waals surface area contributed by atoms with E-state index in [2.05, 4.69) is 31.3 Å². The van der Waals surface area contributed by atoms with Crippen molar-refractivity contribution in [2.75, 3.05) is 12.4 Å². The maximum absolute atomic E-state index is 13.2. The van der Waals surface area contributed by atoms with Crippen LogP contribution < -0.4 is 10.1 Å². The average Bonchev–Trinajstić information content (AvgIpc) is 2.77. The van der Waals surface area contributed by atoms with Gasteiger partial charge in [0.15, 0.2) is 17.3 Å². The number of carbonyl (C=O) groups excluding carboxylic acids is 1. The highest BCUT2D eigenvalue weighted by atomic mass is 32.2. The number of hydrogen-bond acceptors (Lipinski definition) is 5. The van der Waals surface area contributed by atoms with Crippen LogP contribution in [0.5, 0.6) is 11.5 Å². The Labute approximate surface area is 163 Å². The molecule has 2 N–H and O–H groups in total. The molecule has 0 radical (unpaired) electrons. The molecule has 2 aliphatic rings. The number of aromatic hydroxyl groups is 1. The lowest BCUT2D eigenvalue weighted by Gasteiger charge is -2.34. The first-order valence-electron chi connectivity index (χ1n) is 9.04. The fraction of sp³-hybridized carbons (Fsp3) is 0.318. The van der Waals surface area contributed by atoms with Gasteiger partial charge in [0, 0.05) is 22.6 Å². The van der Waals surface area contributed by atoms with Crippen molar-refractivity contribution in [3.63, 3.8) is 0 Å². The van der Waals surface area contributed by atoms with E-state index < -0.39 is 0 Å². The van der Waals surface area contributed by atoms with Gasteiger partial charge in [0.25, 0.3) is 0 Å². The fourth-order valence-electron chi connectivity index (χ4n) is 3.86. The van der Waals surface area contributed by atoms with Crippen LogP contribution in [0.1, 0.15) is 37.5 Å². The summed E-state index contributed by atoms with van der Waals surface area (Å²) in [5, 5.41) is 13.4. The van der Waals surface area contributed by atoms with Gasteiger partial charge in [0.05, 0.1) is 18.0 Å². The summed E-state index contributed by atoms with van der Waals surface area (Å²) in [6, 6.07) is 13.5. The number of carbonyl (C=O) groups is 1. The number of rotatable bonds is 2. The van der Waals surface area contributed by atoms with E-state index in [1.807, 2.05) is 24.3 Å². The second kappa shape index (κ2) is 6.64. The summed E-state index contributed by atoms with van der Waals surface area (Å²) in [6.45, 7) is 4.28. The smallest absolute Gasteiger partial charge is 0.162 e. The van der Waals surface area contributed by atoms with Crippen LogP contribution in [-0.4, -0.2) is 18.0 Å². The Bertz CT molecular complexity index is 948. The summed E-state index contributed by atoms with van der Waals surface area (Å²) in [4.78, 5) is 14.3. The van der Waals surface area contributed by atoms with Crippen molar-refractivity contribution in [3.05, 3.63) is 59.3 Å². The number of ether oxygens (including phenoxy) is 1. The largest absolute Gasteiger partial charge is 0.504 e. The molecule has 0 saturated heterocycles. The number of nitrogens with one attached hydrogen (secondary N) is 1. The number of anilines is 1. The van der Waals surface area contributed by atoms with Crippen LogP contribution in [0, 0.1) is 5.41 Å². The van der Waals surface area contributed by atoms with Crippen LogP contribution in [0.15, 0.2) is 58.6 Å². The van der Waals surface area contributed by atoms with E-state index in [1.54, 1.807) is 17.8 Å². The molecule has 2 aromatic carbocycles. The number of hydrogen-bond donors (Lipinski definition) is 2. The lowest BCUT2D eigenvalue weighted by atomic mass is 9.74. The van der Waals surface area contributed by atoms with E-state index in [0.29, 0.717) is 12.2 Å². The summed E-state index contributed by atoms with van der Waals surface area (Å²) in [5.41, 5.74) is 3.76. The van der Waals surface area contributed by atoms with Gasteiger partial charge in [0.2, 0.25) is 0 Å². The van der Waals surface area contributed by atoms with Crippen molar-refractivity contribution < 1.29 is 14.6 Å². The third kappa shape index (κ3) is 3.32. The topological polar surface area (TPSA) is 58.6 Å². The summed E-state index contributed by atoms with van der Waals surface area (Å²) < 4.78 is 5.30. The van der Waals surface area contributed by atoms with Gasteiger partial charge >= 0.3 is 0 Å². The van der Waals surface area contributed by atoms with E-state index in [1.165, 1.54) is 7.11 Å². The molecule has 1 heterocycles. The number of thioether (sulfide) groups is 1. The van der Waals surface area contributed by atoms with Crippen LogP contribution in [0.3, 0.4) is 0 Å². The zero-order valence-electron chi connectivity index (χ0n) is 15.7. The van der Waals surface area contributed by atoms with E-state index in [0.717, 1.165) is 33.8 Å². The lowest BCUT2D eigenvalue weighted by molar-refractivity contribution is -0.118. The molecular formula is C22H23NO3S. The van der Waals surface area contributed by atoms with Crippen molar-refractivity contribution in [1.82, 2.24) is 0 Å². The summed E-state index contributed by atoms with van der Waals surface area (Å²) >= 11 is 1.67. The molecule has 0 saturated carbocycles. The predicted octanol–water partition coefficient (Wildman–Crippen LogP) is 5.30. The van der Waals surface area contributed by atoms with Crippen molar-refractivity contribution >= 4 is 23.2 Å². The number of para-hydroxylation sites is 1. The van der Waals surface area contributed by atoms with Crippen LogP contribution in [0.2, 0.25) is 0 Å². The first-order chi connectivity index (χ1) is 12.9. The van der Waals surface area contributed by atoms with Gasteiger partial charge in [-0.25, -0.2) is 0 Å². The summed E-state index contributed by atoms with van der Waals surface area (Å²) in [7, 11) is 1.54. The molecule has 1 aliphatic heterocycles. The molecule has 0 spiro atoms.